The van der Waals surface area contributed by atoms with Crippen LogP contribution < -0.4 is 5.73 Å². The highest BCUT2D eigenvalue weighted by Gasteiger charge is 2.17. The molecular formula is C9H13N3O3. The number of aromatic carboxylic acids is 1. The quantitative estimate of drug-likeness (QED) is 0.732. The number of carbonyl (C=O) groups excluding carboxylic acids is 1. The molecule has 0 aliphatic heterocycles. The number of carboxylic acid groups (broad SMARTS) is 1. The average molecular weight is 211 g/mol. The van der Waals surface area contributed by atoms with Gasteiger partial charge in [-0.2, -0.15) is 0 Å². The Morgan fingerprint density at radius 1 is 1.67 bits per heavy atom. The Labute approximate surface area is 86.7 Å². The Kier molecular flexibility index (Phi) is 3.08. The zero-order valence-electron chi connectivity index (χ0n) is 8.60. The number of carboxylic acids is 1. The van der Waals surface area contributed by atoms with Gasteiger partial charge in [-0.1, -0.05) is 6.92 Å². The van der Waals surface area contributed by atoms with Crippen molar-refractivity contribution in [1.29, 1.82) is 0 Å². The molecule has 0 spiro atoms. The molecule has 82 valence electrons. The number of nitrogens with two attached hydrogens (primary N) is 1. The predicted molar refractivity (Wildman–Crippen MR) is 52.3 cm³/mol. The van der Waals surface area contributed by atoms with E-state index in [1.165, 1.54) is 10.8 Å². The highest BCUT2D eigenvalue weighted by Crippen LogP contribution is 2.08. The Hall–Kier alpha value is -1.85. The van der Waals surface area contributed by atoms with Gasteiger partial charge in [0.1, 0.15) is 11.5 Å². The molecule has 1 aromatic rings. The molecule has 6 heteroatoms. The first-order valence-electron chi connectivity index (χ1n) is 4.48. The summed E-state index contributed by atoms with van der Waals surface area (Å²) in [6.45, 7) is 3.57. The molecule has 0 bridgehead atoms. The SMILES string of the molecule is Cc1ncc(C(=O)O)n1CC(C)C(N)=O. The Bertz CT molecular complexity index is 397. The lowest BCUT2D eigenvalue weighted by Gasteiger charge is -2.11. The van der Waals surface area contributed by atoms with Crippen LogP contribution in [0.5, 0.6) is 0 Å². The first kappa shape index (κ1) is 11.2. The number of carbonyl (C=O) groups is 2. The van der Waals surface area contributed by atoms with E-state index in [2.05, 4.69) is 4.98 Å². The number of nitrogens with zero attached hydrogens (tertiary/aromatic N) is 2. The second-order valence-corrected chi connectivity index (χ2v) is 3.41. The van der Waals surface area contributed by atoms with Crippen molar-refractivity contribution in [2.75, 3.05) is 0 Å². The Balaban J connectivity index is 2.97. The minimum absolute atomic E-state index is 0.0700. The van der Waals surface area contributed by atoms with Crippen LogP contribution in [-0.2, 0) is 11.3 Å². The van der Waals surface area contributed by atoms with Crippen LogP contribution in [0.15, 0.2) is 6.20 Å². The zero-order valence-corrected chi connectivity index (χ0v) is 8.60. The molecule has 0 fully saturated rings. The molecule has 0 aromatic carbocycles. The third kappa shape index (κ3) is 2.34. The standard InChI is InChI=1S/C9H13N3O3/c1-5(8(10)13)4-12-6(2)11-3-7(12)9(14)15/h3,5H,4H2,1-2H3,(H2,10,13)(H,14,15). The van der Waals surface area contributed by atoms with Gasteiger partial charge < -0.3 is 15.4 Å². The van der Waals surface area contributed by atoms with E-state index in [0.29, 0.717) is 5.82 Å². The van der Waals surface area contributed by atoms with Crippen molar-refractivity contribution >= 4 is 11.9 Å². The molecule has 0 aliphatic rings. The van der Waals surface area contributed by atoms with Gasteiger partial charge in [0.05, 0.1) is 12.1 Å². The number of hydrogen-bond acceptors (Lipinski definition) is 3. The van der Waals surface area contributed by atoms with Gasteiger partial charge in [0.2, 0.25) is 5.91 Å². The first-order valence-corrected chi connectivity index (χ1v) is 4.48. The molecule has 0 radical (unpaired) electrons. The molecular weight excluding hydrogens is 198 g/mol. The van der Waals surface area contributed by atoms with Gasteiger partial charge in [-0.25, -0.2) is 9.78 Å². The van der Waals surface area contributed by atoms with Gasteiger partial charge >= 0.3 is 5.97 Å². The number of aromatic nitrogens is 2. The smallest absolute Gasteiger partial charge is 0.354 e. The minimum atomic E-state index is -1.06. The summed E-state index contributed by atoms with van der Waals surface area (Å²) in [6.07, 6.45) is 1.27. The normalized spacial score (nSPS) is 12.4. The summed E-state index contributed by atoms with van der Waals surface area (Å²) in [5.74, 6) is -1.39. The fourth-order valence-corrected chi connectivity index (χ4v) is 1.23. The number of amides is 1. The first-order chi connectivity index (χ1) is 6.93. The van der Waals surface area contributed by atoms with Crippen LogP contribution in [0.25, 0.3) is 0 Å². The van der Waals surface area contributed by atoms with Crippen molar-refractivity contribution in [2.24, 2.45) is 11.7 Å². The molecule has 6 nitrogen and oxygen atoms in total. The van der Waals surface area contributed by atoms with Crippen LogP contribution in [-0.4, -0.2) is 26.5 Å². The maximum atomic E-state index is 10.9. The van der Waals surface area contributed by atoms with E-state index < -0.39 is 17.8 Å². The van der Waals surface area contributed by atoms with Crippen molar-refractivity contribution in [3.05, 3.63) is 17.7 Å². The van der Waals surface area contributed by atoms with Gasteiger partial charge in [-0.05, 0) is 6.92 Å². The number of aryl methyl sites for hydroxylation is 1. The molecule has 0 saturated heterocycles. The van der Waals surface area contributed by atoms with E-state index in [4.69, 9.17) is 10.8 Å². The molecule has 15 heavy (non-hydrogen) atoms. The molecule has 1 unspecified atom stereocenters. The van der Waals surface area contributed by atoms with Gasteiger partial charge in [0.15, 0.2) is 0 Å². The summed E-state index contributed by atoms with van der Waals surface area (Å²) in [5, 5.41) is 8.85. The third-order valence-corrected chi connectivity index (χ3v) is 2.22. The van der Waals surface area contributed by atoms with Gasteiger partial charge in [-0.3, -0.25) is 4.79 Å². The maximum absolute atomic E-state index is 10.9. The predicted octanol–water partition coefficient (Wildman–Crippen LogP) is 0.0111. The highest BCUT2D eigenvalue weighted by atomic mass is 16.4. The van der Waals surface area contributed by atoms with Gasteiger partial charge in [-0.15, -0.1) is 0 Å². The number of primary amides is 1. The molecule has 0 aliphatic carbocycles. The number of hydrogen-bond donors (Lipinski definition) is 2. The largest absolute Gasteiger partial charge is 0.477 e. The van der Waals surface area contributed by atoms with Crippen LogP contribution in [0.2, 0.25) is 0 Å². The fraction of sp³-hybridized carbons (Fsp3) is 0.444. The number of rotatable bonds is 4. The molecule has 1 amide bonds. The van der Waals surface area contributed by atoms with E-state index in [1.807, 2.05) is 0 Å². The maximum Gasteiger partial charge on any atom is 0.354 e. The molecule has 0 saturated carbocycles. The van der Waals surface area contributed by atoms with Crippen LogP contribution in [0.3, 0.4) is 0 Å². The van der Waals surface area contributed by atoms with Crippen molar-refractivity contribution in [3.63, 3.8) is 0 Å². The second-order valence-electron chi connectivity index (χ2n) is 3.41. The number of imidazole rings is 1. The lowest BCUT2D eigenvalue weighted by Crippen LogP contribution is -2.26. The summed E-state index contributed by atoms with van der Waals surface area (Å²) >= 11 is 0. The summed E-state index contributed by atoms with van der Waals surface area (Å²) in [6, 6.07) is 0. The van der Waals surface area contributed by atoms with Crippen LogP contribution in [0.1, 0.15) is 23.2 Å². The molecule has 1 aromatic heterocycles. The lowest BCUT2D eigenvalue weighted by atomic mass is 10.1. The zero-order chi connectivity index (χ0) is 11.6. The van der Waals surface area contributed by atoms with Crippen LogP contribution in [0.4, 0.5) is 0 Å². The van der Waals surface area contributed by atoms with E-state index in [-0.39, 0.29) is 12.2 Å². The van der Waals surface area contributed by atoms with Gasteiger partial charge in [0, 0.05) is 6.54 Å². The summed E-state index contributed by atoms with van der Waals surface area (Å²) < 4.78 is 1.47. The van der Waals surface area contributed by atoms with Crippen molar-refractivity contribution in [3.8, 4) is 0 Å². The fourth-order valence-electron chi connectivity index (χ4n) is 1.23. The van der Waals surface area contributed by atoms with E-state index >= 15 is 0 Å². The summed E-state index contributed by atoms with van der Waals surface area (Å²) in [4.78, 5) is 25.5. The Morgan fingerprint density at radius 2 is 2.27 bits per heavy atom. The lowest BCUT2D eigenvalue weighted by molar-refractivity contribution is -0.121. The highest BCUT2D eigenvalue weighted by molar-refractivity contribution is 5.85. The topological polar surface area (TPSA) is 98.2 Å². The third-order valence-electron chi connectivity index (χ3n) is 2.22. The molecule has 1 heterocycles. The second kappa shape index (κ2) is 4.12. The Morgan fingerprint density at radius 3 is 2.73 bits per heavy atom. The summed E-state index contributed by atoms with van der Waals surface area (Å²) in [7, 11) is 0. The van der Waals surface area contributed by atoms with Crippen LogP contribution in [0, 0.1) is 12.8 Å². The van der Waals surface area contributed by atoms with E-state index in [9.17, 15) is 9.59 Å². The monoisotopic (exact) mass is 211 g/mol. The van der Waals surface area contributed by atoms with Crippen molar-refractivity contribution in [2.45, 2.75) is 20.4 Å². The summed E-state index contributed by atoms with van der Waals surface area (Å²) in [5.41, 5.74) is 5.18. The van der Waals surface area contributed by atoms with Crippen molar-refractivity contribution in [1.82, 2.24) is 9.55 Å². The van der Waals surface area contributed by atoms with E-state index in [1.54, 1.807) is 13.8 Å². The molecule has 1 rings (SSSR count). The van der Waals surface area contributed by atoms with Crippen molar-refractivity contribution < 1.29 is 14.7 Å². The molecule has 1 atom stereocenters. The van der Waals surface area contributed by atoms with E-state index in [0.717, 1.165) is 0 Å². The minimum Gasteiger partial charge on any atom is -0.477 e. The molecule has 3 N–H and O–H groups in total. The van der Waals surface area contributed by atoms with Crippen LogP contribution >= 0.6 is 0 Å². The average Bonchev–Trinajstić information content (AvgIpc) is 2.48. The van der Waals surface area contributed by atoms with Gasteiger partial charge in [0.25, 0.3) is 0 Å².